The van der Waals surface area contributed by atoms with E-state index in [1.165, 1.54) is 0 Å². The van der Waals surface area contributed by atoms with Gasteiger partial charge in [-0.3, -0.25) is 4.79 Å². The number of hydrogen-bond donors (Lipinski definition) is 1. The molecule has 1 heterocycles. The van der Waals surface area contributed by atoms with Crippen molar-refractivity contribution in [3.05, 3.63) is 42.0 Å². The molecule has 1 aliphatic heterocycles. The molecular formula is C20H26BNO3. The molecule has 1 N–H and O–H groups in total. The Bertz CT molecular complexity index is 785. The zero-order chi connectivity index (χ0) is 18.2. The van der Waals surface area contributed by atoms with Crippen LogP contribution >= 0.6 is 0 Å². The van der Waals surface area contributed by atoms with Crippen molar-refractivity contribution in [3.8, 4) is 0 Å². The van der Waals surface area contributed by atoms with Crippen LogP contribution in [-0.2, 0) is 9.31 Å². The number of hydrogen-bond acceptors (Lipinski definition) is 3. The standard InChI is InChI=1S/C20H26BNO3/c1-6-12-22-18(23)15-10-11-16-14(13-15)8-7-9-17(16)21-24-19(2,3)20(4,5)25-21/h7-11,13H,6,12H2,1-5H3,(H,22,23). The molecule has 0 atom stereocenters. The first-order chi connectivity index (χ1) is 11.7. The molecule has 0 radical (unpaired) electrons. The number of fused-ring (bicyclic) bond motifs is 1. The third-order valence-corrected chi connectivity index (χ3v) is 5.22. The number of rotatable bonds is 4. The molecule has 0 bridgehead atoms. The summed E-state index contributed by atoms with van der Waals surface area (Å²) in [6, 6.07) is 11.8. The third kappa shape index (κ3) is 3.31. The second-order valence-corrected chi connectivity index (χ2v) is 7.63. The number of amides is 1. The highest BCUT2D eigenvalue weighted by molar-refractivity contribution is 6.65. The Morgan fingerprint density at radius 2 is 1.76 bits per heavy atom. The molecule has 132 valence electrons. The van der Waals surface area contributed by atoms with Gasteiger partial charge in [-0.05, 0) is 62.5 Å². The van der Waals surface area contributed by atoms with Gasteiger partial charge in [0, 0.05) is 12.1 Å². The summed E-state index contributed by atoms with van der Waals surface area (Å²) in [7, 11) is -0.409. The highest BCUT2D eigenvalue weighted by Crippen LogP contribution is 2.37. The zero-order valence-corrected chi connectivity index (χ0v) is 15.7. The molecule has 0 unspecified atom stereocenters. The Labute approximate surface area is 150 Å². The molecule has 0 aliphatic carbocycles. The second-order valence-electron chi connectivity index (χ2n) is 7.63. The largest absolute Gasteiger partial charge is 0.495 e. The first-order valence-corrected chi connectivity index (χ1v) is 8.92. The monoisotopic (exact) mass is 339 g/mol. The summed E-state index contributed by atoms with van der Waals surface area (Å²) in [6.07, 6.45) is 0.922. The third-order valence-electron chi connectivity index (χ3n) is 5.22. The summed E-state index contributed by atoms with van der Waals surface area (Å²) < 4.78 is 12.4. The van der Waals surface area contributed by atoms with Gasteiger partial charge in [-0.15, -0.1) is 0 Å². The van der Waals surface area contributed by atoms with E-state index in [1.54, 1.807) is 0 Å². The maximum absolute atomic E-state index is 12.2. The molecule has 1 amide bonds. The number of nitrogens with one attached hydrogen (secondary N) is 1. The molecule has 1 aliphatic rings. The summed E-state index contributed by atoms with van der Waals surface area (Å²) in [4.78, 5) is 12.2. The van der Waals surface area contributed by atoms with Gasteiger partial charge in [0.15, 0.2) is 0 Å². The van der Waals surface area contributed by atoms with E-state index < -0.39 is 7.12 Å². The predicted octanol–water partition coefficient (Wildman–Crippen LogP) is 3.28. The molecular weight excluding hydrogens is 313 g/mol. The molecule has 4 nitrogen and oxygen atoms in total. The average Bonchev–Trinajstić information content (AvgIpc) is 2.79. The minimum Gasteiger partial charge on any atom is -0.399 e. The van der Waals surface area contributed by atoms with Crippen molar-refractivity contribution in [1.82, 2.24) is 5.32 Å². The number of carbonyl (C=O) groups is 1. The minimum atomic E-state index is -0.409. The van der Waals surface area contributed by atoms with Crippen LogP contribution in [0.2, 0.25) is 0 Å². The molecule has 5 heteroatoms. The summed E-state index contributed by atoms with van der Waals surface area (Å²) in [5, 5.41) is 4.98. The molecule has 0 aromatic heterocycles. The van der Waals surface area contributed by atoms with Crippen LogP contribution in [0.5, 0.6) is 0 Å². The Kier molecular flexibility index (Phi) is 4.65. The van der Waals surface area contributed by atoms with Gasteiger partial charge in [0.25, 0.3) is 5.91 Å². The van der Waals surface area contributed by atoms with Crippen molar-refractivity contribution in [1.29, 1.82) is 0 Å². The van der Waals surface area contributed by atoms with E-state index in [1.807, 2.05) is 71.0 Å². The lowest BCUT2D eigenvalue weighted by molar-refractivity contribution is 0.00578. The van der Waals surface area contributed by atoms with E-state index >= 15 is 0 Å². The van der Waals surface area contributed by atoms with Crippen molar-refractivity contribution in [2.75, 3.05) is 6.54 Å². The average molecular weight is 339 g/mol. The van der Waals surface area contributed by atoms with Crippen LogP contribution in [0.3, 0.4) is 0 Å². The topological polar surface area (TPSA) is 47.6 Å². The van der Waals surface area contributed by atoms with E-state index in [-0.39, 0.29) is 17.1 Å². The van der Waals surface area contributed by atoms with Gasteiger partial charge in [-0.2, -0.15) is 0 Å². The summed E-state index contributed by atoms with van der Waals surface area (Å²) in [6.45, 7) is 10.9. The van der Waals surface area contributed by atoms with Crippen LogP contribution in [0.15, 0.2) is 36.4 Å². The second kappa shape index (κ2) is 6.47. The van der Waals surface area contributed by atoms with Gasteiger partial charge in [0.2, 0.25) is 0 Å². The lowest BCUT2D eigenvalue weighted by Gasteiger charge is -2.32. The van der Waals surface area contributed by atoms with E-state index in [0.29, 0.717) is 12.1 Å². The van der Waals surface area contributed by atoms with E-state index in [4.69, 9.17) is 9.31 Å². The van der Waals surface area contributed by atoms with Crippen molar-refractivity contribution in [2.45, 2.75) is 52.2 Å². The fourth-order valence-electron chi connectivity index (χ4n) is 2.97. The van der Waals surface area contributed by atoms with Crippen LogP contribution in [0.4, 0.5) is 0 Å². The van der Waals surface area contributed by atoms with Crippen LogP contribution in [0.1, 0.15) is 51.4 Å². The summed E-state index contributed by atoms with van der Waals surface area (Å²) in [5.41, 5.74) is 0.920. The molecule has 2 aromatic rings. The van der Waals surface area contributed by atoms with Gasteiger partial charge >= 0.3 is 7.12 Å². The van der Waals surface area contributed by atoms with Crippen LogP contribution in [0, 0.1) is 0 Å². The predicted molar refractivity (Wildman–Crippen MR) is 102 cm³/mol. The van der Waals surface area contributed by atoms with Crippen LogP contribution in [-0.4, -0.2) is 30.8 Å². The van der Waals surface area contributed by atoms with Crippen molar-refractivity contribution in [3.63, 3.8) is 0 Å². The molecule has 0 saturated carbocycles. The maximum atomic E-state index is 12.2. The minimum absolute atomic E-state index is 0.0372. The van der Waals surface area contributed by atoms with Gasteiger partial charge in [-0.25, -0.2) is 0 Å². The SMILES string of the molecule is CCCNC(=O)c1ccc2c(B3OC(C)(C)C(C)(C)O3)cccc2c1. The smallest absolute Gasteiger partial charge is 0.399 e. The van der Waals surface area contributed by atoms with Crippen LogP contribution < -0.4 is 10.8 Å². The van der Waals surface area contributed by atoms with E-state index in [9.17, 15) is 4.79 Å². The first kappa shape index (κ1) is 18.0. The van der Waals surface area contributed by atoms with Crippen LogP contribution in [0.25, 0.3) is 10.8 Å². The molecule has 25 heavy (non-hydrogen) atoms. The van der Waals surface area contributed by atoms with Gasteiger partial charge in [0.05, 0.1) is 11.2 Å². The quantitative estimate of drug-likeness (QED) is 0.870. The first-order valence-electron chi connectivity index (χ1n) is 8.92. The van der Waals surface area contributed by atoms with E-state index in [2.05, 4.69) is 5.32 Å². The zero-order valence-electron chi connectivity index (χ0n) is 15.7. The van der Waals surface area contributed by atoms with Gasteiger partial charge in [-0.1, -0.05) is 31.2 Å². The molecule has 1 fully saturated rings. The fourth-order valence-corrected chi connectivity index (χ4v) is 2.97. The van der Waals surface area contributed by atoms with Crippen molar-refractivity contribution in [2.24, 2.45) is 0 Å². The Morgan fingerprint density at radius 3 is 2.40 bits per heavy atom. The Morgan fingerprint density at radius 1 is 1.08 bits per heavy atom. The van der Waals surface area contributed by atoms with Crippen molar-refractivity contribution < 1.29 is 14.1 Å². The van der Waals surface area contributed by atoms with Gasteiger partial charge in [0.1, 0.15) is 0 Å². The maximum Gasteiger partial charge on any atom is 0.495 e. The highest BCUT2D eigenvalue weighted by Gasteiger charge is 2.52. The lowest BCUT2D eigenvalue weighted by Crippen LogP contribution is -2.41. The normalized spacial score (nSPS) is 18.5. The molecule has 2 aromatic carbocycles. The number of carbonyl (C=O) groups excluding carboxylic acids is 1. The Balaban J connectivity index is 1.95. The summed E-state index contributed by atoms with van der Waals surface area (Å²) >= 11 is 0. The Hall–Kier alpha value is -1.85. The molecule has 1 saturated heterocycles. The summed E-state index contributed by atoms with van der Waals surface area (Å²) in [5.74, 6) is -0.0372. The van der Waals surface area contributed by atoms with E-state index in [0.717, 1.165) is 22.7 Å². The number of benzene rings is 2. The highest BCUT2D eigenvalue weighted by atomic mass is 16.7. The lowest BCUT2D eigenvalue weighted by atomic mass is 9.76. The fraction of sp³-hybridized carbons (Fsp3) is 0.450. The van der Waals surface area contributed by atoms with Crippen molar-refractivity contribution >= 4 is 29.3 Å². The molecule has 0 spiro atoms. The molecule has 3 rings (SSSR count). The van der Waals surface area contributed by atoms with Gasteiger partial charge < -0.3 is 14.6 Å².